The van der Waals surface area contributed by atoms with Gasteiger partial charge in [-0.1, -0.05) is 23.9 Å². The first-order chi connectivity index (χ1) is 11.2. The van der Waals surface area contributed by atoms with Crippen LogP contribution in [0.5, 0.6) is 0 Å². The molecule has 0 aliphatic heterocycles. The molecule has 1 N–H and O–H groups in total. The van der Waals surface area contributed by atoms with Gasteiger partial charge in [-0.25, -0.2) is 14.6 Å². The maximum Gasteiger partial charge on any atom is 0.234 e. The third-order valence-corrected chi connectivity index (χ3v) is 4.48. The number of nitrogens with one attached hydrogen (secondary N) is 1. The molecule has 0 aliphatic rings. The predicted octanol–water partition coefficient (Wildman–Crippen LogP) is 3.16. The van der Waals surface area contributed by atoms with Gasteiger partial charge < -0.3 is 5.32 Å². The second-order valence-corrected chi connectivity index (χ2v) is 6.33. The molecule has 0 saturated carbocycles. The zero-order valence-electron chi connectivity index (χ0n) is 11.9. The second-order valence-electron chi connectivity index (χ2n) is 4.48. The first-order valence-corrected chi connectivity index (χ1v) is 8.49. The van der Waals surface area contributed by atoms with Crippen LogP contribution in [0.15, 0.2) is 64.6 Å². The maximum absolute atomic E-state index is 12.0. The number of para-hydroxylation sites is 1. The average molecular weight is 390 g/mol. The van der Waals surface area contributed by atoms with Gasteiger partial charge in [0.1, 0.15) is 11.4 Å². The van der Waals surface area contributed by atoms with Gasteiger partial charge >= 0.3 is 0 Å². The summed E-state index contributed by atoms with van der Waals surface area (Å²) >= 11 is 4.75. The number of rotatable bonds is 5. The van der Waals surface area contributed by atoms with Gasteiger partial charge in [0.05, 0.1) is 11.4 Å². The van der Waals surface area contributed by atoms with Gasteiger partial charge in [-0.05, 0) is 34.1 Å². The summed E-state index contributed by atoms with van der Waals surface area (Å²) in [7, 11) is 0. The quantitative estimate of drug-likeness (QED) is 0.535. The molecule has 8 heteroatoms. The van der Waals surface area contributed by atoms with Crippen LogP contribution in [0, 0.1) is 0 Å². The molecule has 6 nitrogen and oxygen atoms in total. The van der Waals surface area contributed by atoms with Crippen LogP contribution in [-0.2, 0) is 4.79 Å². The minimum Gasteiger partial charge on any atom is -0.324 e. The van der Waals surface area contributed by atoms with E-state index in [0.29, 0.717) is 10.8 Å². The first-order valence-electron chi connectivity index (χ1n) is 6.71. The molecule has 116 valence electrons. The molecule has 1 amide bonds. The zero-order chi connectivity index (χ0) is 16.1. The molecular formula is C15H12BrN5OS. The number of aromatic nitrogens is 4. The Labute approximate surface area is 145 Å². The van der Waals surface area contributed by atoms with Crippen LogP contribution in [0.3, 0.4) is 0 Å². The first kappa shape index (κ1) is 15.7. The van der Waals surface area contributed by atoms with Crippen LogP contribution >= 0.6 is 27.7 Å². The molecule has 1 aromatic carbocycles. The summed E-state index contributed by atoms with van der Waals surface area (Å²) < 4.78 is 2.49. The summed E-state index contributed by atoms with van der Waals surface area (Å²) in [6.45, 7) is 0. The smallest absolute Gasteiger partial charge is 0.234 e. The van der Waals surface area contributed by atoms with Crippen LogP contribution in [0.25, 0.3) is 5.82 Å². The highest BCUT2D eigenvalue weighted by molar-refractivity contribution is 9.10. The molecule has 3 rings (SSSR count). The summed E-state index contributed by atoms with van der Waals surface area (Å²) in [4.78, 5) is 20.4. The molecular weight excluding hydrogens is 378 g/mol. The molecule has 23 heavy (non-hydrogen) atoms. The molecule has 2 heterocycles. The Kier molecular flexibility index (Phi) is 5.04. The Bertz CT molecular complexity index is 809. The molecule has 0 unspecified atom stereocenters. The topological polar surface area (TPSA) is 72.7 Å². The van der Waals surface area contributed by atoms with E-state index in [-0.39, 0.29) is 11.7 Å². The van der Waals surface area contributed by atoms with E-state index in [1.807, 2.05) is 30.3 Å². The molecule has 0 radical (unpaired) electrons. The number of carbonyl (C=O) groups is 1. The third kappa shape index (κ3) is 4.17. The maximum atomic E-state index is 12.0. The van der Waals surface area contributed by atoms with Crippen molar-refractivity contribution in [2.24, 2.45) is 0 Å². The molecule has 0 fully saturated rings. The normalized spacial score (nSPS) is 10.5. The molecule has 0 spiro atoms. The van der Waals surface area contributed by atoms with Gasteiger partial charge in [-0.3, -0.25) is 4.79 Å². The van der Waals surface area contributed by atoms with Crippen molar-refractivity contribution in [1.29, 1.82) is 0 Å². The Morgan fingerprint density at radius 3 is 2.91 bits per heavy atom. The van der Waals surface area contributed by atoms with Crippen LogP contribution in [0.2, 0.25) is 0 Å². The number of hydrogen-bond donors (Lipinski definition) is 1. The van der Waals surface area contributed by atoms with E-state index in [1.54, 1.807) is 23.1 Å². The summed E-state index contributed by atoms with van der Waals surface area (Å²) in [6.07, 6.45) is 4.95. The molecule has 2 aromatic heterocycles. The van der Waals surface area contributed by atoms with E-state index in [2.05, 4.69) is 36.3 Å². The fourth-order valence-corrected chi connectivity index (χ4v) is 2.87. The van der Waals surface area contributed by atoms with Crippen LogP contribution in [-0.4, -0.2) is 31.4 Å². The standard InChI is InChI=1S/C15H12BrN5OS/c16-11-4-1-2-5-12(11)20-14(22)9-23-15-8-13(17-10-18-15)21-7-3-6-19-21/h1-8,10H,9H2,(H,20,22). The summed E-state index contributed by atoms with van der Waals surface area (Å²) in [5.74, 6) is 0.830. The van der Waals surface area contributed by atoms with Gasteiger partial charge in [0.15, 0.2) is 5.82 Å². The molecule has 0 bridgehead atoms. The monoisotopic (exact) mass is 389 g/mol. The van der Waals surface area contributed by atoms with E-state index in [9.17, 15) is 4.79 Å². The molecule has 0 atom stereocenters. The Morgan fingerprint density at radius 2 is 2.13 bits per heavy atom. The second kappa shape index (κ2) is 7.38. The van der Waals surface area contributed by atoms with Gasteiger partial charge in [0.25, 0.3) is 0 Å². The fraction of sp³-hybridized carbons (Fsp3) is 0.0667. The lowest BCUT2D eigenvalue weighted by molar-refractivity contribution is -0.113. The Morgan fingerprint density at radius 1 is 1.26 bits per heavy atom. The number of anilines is 1. The number of halogens is 1. The van der Waals surface area contributed by atoms with Crippen molar-refractivity contribution in [2.75, 3.05) is 11.1 Å². The number of carbonyl (C=O) groups excluding carboxylic acids is 1. The minimum atomic E-state index is -0.0962. The average Bonchev–Trinajstić information content (AvgIpc) is 3.10. The number of nitrogens with zero attached hydrogens (tertiary/aromatic N) is 4. The van der Waals surface area contributed by atoms with Crippen molar-refractivity contribution in [3.05, 3.63) is 59.6 Å². The van der Waals surface area contributed by atoms with Gasteiger partial charge in [-0.2, -0.15) is 5.10 Å². The van der Waals surface area contributed by atoms with E-state index >= 15 is 0 Å². The summed E-state index contributed by atoms with van der Waals surface area (Å²) in [5.41, 5.74) is 0.748. The lowest BCUT2D eigenvalue weighted by Gasteiger charge is -2.07. The van der Waals surface area contributed by atoms with E-state index in [1.165, 1.54) is 18.1 Å². The van der Waals surface area contributed by atoms with E-state index in [0.717, 1.165) is 10.2 Å². The van der Waals surface area contributed by atoms with Crippen molar-refractivity contribution in [1.82, 2.24) is 19.7 Å². The van der Waals surface area contributed by atoms with Gasteiger partial charge in [0.2, 0.25) is 5.91 Å². The molecule has 0 aliphatic carbocycles. The predicted molar refractivity (Wildman–Crippen MR) is 92.6 cm³/mol. The summed E-state index contributed by atoms with van der Waals surface area (Å²) in [6, 6.07) is 11.1. The third-order valence-electron chi connectivity index (χ3n) is 2.87. The Balaban J connectivity index is 1.61. The highest BCUT2D eigenvalue weighted by atomic mass is 79.9. The van der Waals surface area contributed by atoms with Crippen LogP contribution in [0.4, 0.5) is 5.69 Å². The van der Waals surface area contributed by atoms with Crippen molar-refractivity contribution < 1.29 is 4.79 Å². The fourth-order valence-electron chi connectivity index (χ4n) is 1.83. The highest BCUT2D eigenvalue weighted by Gasteiger charge is 2.08. The zero-order valence-corrected chi connectivity index (χ0v) is 14.3. The minimum absolute atomic E-state index is 0.0962. The number of benzene rings is 1. The number of amides is 1. The number of hydrogen-bond acceptors (Lipinski definition) is 5. The molecule has 3 aromatic rings. The lowest BCUT2D eigenvalue weighted by atomic mass is 10.3. The molecule has 0 saturated heterocycles. The van der Waals surface area contributed by atoms with Crippen LogP contribution < -0.4 is 5.32 Å². The van der Waals surface area contributed by atoms with E-state index in [4.69, 9.17) is 0 Å². The van der Waals surface area contributed by atoms with Crippen LogP contribution in [0.1, 0.15) is 0 Å². The highest BCUT2D eigenvalue weighted by Crippen LogP contribution is 2.22. The van der Waals surface area contributed by atoms with Gasteiger partial charge in [-0.15, -0.1) is 0 Å². The van der Waals surface area contributed by atoms with Crippen molar-refractivity contribution >= 4 is 39.3 Å². The number of thioether (sulfide) groups is 1. The lowest BCUT2D eigenvalue weighted by Crippen LogP contribution is -2.14. The van der Waals surface area contributed by atoms with Crippen molar-refractivity contribution in [2.45, 2.75) is 5.03 Å². The summed E-state index contributed by atoms with van der Waals surface area (Å²) in [5, 5.41) is 7.69. The van der Waals surface area contributed by atoms with Crippen molar-refractivity contribution in [3.8, 4) is 5.82 Å². The largest absolute Gasteiger partial charge is 0.324 e. The Hall–Kier alpha value is -2.19. The van der Waals surface area contributed by atoms with E-state index < -0.39 is 0 Å². The van der Waals surface area contributed by atoms with Crippen molar-refractivity contribution in [3.63, 3.8) is 0 Å². The SMILES string of the molecule is O=C(CSc1cc(-n2cccn2)ncn1)Nc1ccccc1Br. The van der Waals surface area contributed by atoms with Gasteiger partial charge in [0, 0.05) is 22.9 Å².